The minimum Gasteiger partial charge on any atom is -0.497 e. The van der Waals surface area contributed by atoms with Crippen LogP contribution in [0.3, 0.4) is 0 Å². The molecule has 0 spiro atoms. The molecule has 0 fully saturated rings. The van der Waals surface area contributed by atoms with Crippen molar-refractivity contribution in [3.63, 3.8) is 0 Å². The Hall–Kier alpha value is -2.77. The maximum absolute atomic E-state index is 12.1. The zero-order chi connectivity index (χ0) is 19.1. The Morgan fingerprint density at radius 1 is 1.00 bits per heavy atom. The summed E-state index contributed by atoms with van der Waals surface area (Å²) in [6.07, 6.45) is 0. The highest BCUT2D eigenvalue weighted by Crippen LogP contribution is 2.22. The largest absolute Gasteiger partial charge is 0.497 e. The first-order valence-corrected chi connectivity index (χ1v) is 10.0. The smallest absolute Gasteiger partial charge is 0.265 e. The Labute approximate surface area is 165 Å². The van der Waals surface area contributed by atoms with Crippen molar-refractivity contribution in [3.05, 3.63) is 70.9 Å². The fourth-order valence-corrected chi connectivity index (χ4v) is 3.60. The van der Waals surface area contributed by atoms with Crippen LogP contribution in [0.15, 0.2) is 70.9 Å². The first-order chi connectivity index (χ1) is 13.1. The molecular weight excluding hydrogens is 380 g/mol. The van der Waals surface area contributed by atoms with Crippen molar-refractivity contribution in [1.29, 1.82) is 0 Å². The Morgan fingerprint density at radius 3 is 2.52 bits per heavy atom. The van der Waals surface area contributed by atoms with Gasteiger partial charge < -0.3 is 15.4 Å². The summed E-state index contributed by atoms with van der Waals surface area (Å²) >= 11 is 2.83. The van der Waals surface area contributed by atoms with Crippen LogP contribution in [0.4, 0.5) is 11.4 Å². The number of methoxy groups -OCH3 is 1. The molecule has 0 bridgehead atoms. The average molecular weight is 399 g/mol. The number of rotatable bonds is 7. The molecule has 0 atom stereocenters. The summed E-state index contributed by atoms with van der Waals surface area (Å²) in [5.41, 5.74) is 1.42. The predicted molar refractivity (Wildman–Crippen MR) is 111 cm³/mol. The highest BCUT2D eigenvalue weighted by molar-refractivity contribution is 8.00. The summed E-state index contributed by atoms with van der Waals surface area (Å²) in [5.74, 6) is 0.769. The number of thiophene rings is 1. The van der Waals surface area contributed by atoms with E-state index in [0.717, 1.165) is 10.6 Å². The standard InChI is InChI=1S/C20H18N2O3S2/c1-25-16-5-2-4-15(12-16)21-19(23)13-27-17-9-7-14(8-10-17)22-20(24)18-6-3-11-26-18/h2-12H,13H2,1H3,(H,21,23)(H,22,24). The van der Waals surface area contributed by atoms with Crippen molar-refractivity contribution in [3.8, 4) is 5.75 Å². The molecule has 0 aliphatic rings. The summed E-state index contributed by atoms with van der Waals surface area (Å²) in [4.78, 5) is 25.7. The third-order valence-corrected chi connectivity index (χ3v) is 5.46. The Kier molecular flexibility index (Phi) is 6.51. The number of nitrogens with one attached hydrogen (secondary N) is 2. The number of amides is 2. The zero-order valence-electron chi connectivity index (χ0n) is 14.6. The molecule has 7 heteroatoms. The third-order valence-electron chi connectivity index (χ3n) is 3.58. The summed E-state index contributed by atoms with van der Waals surface area (Å²) in [7, 11) is 1.59. The maximum atomic E-state index is 12.1. The first kappa shape index (κ1) is 19.0. The molecule has 27 heavy (non-hydrogen) atoms. The van der Waals surface area contributed by atoms with Crippen molar-refractivity contribution in [1.82, 2.24) is 0 Å². The lowest BCUT2D eigenvalue weighted by Crippen LogP contribution is -2.14. The number of thioether (sulfide) groups is 1. The van der Waals surface area contributed by atoms with E-state index in [-0.39, 0.29) is 17.6 Å². The van der Waals surface area contributed by atoms with E-state index in [9.17, 15) is 9.59 Å². The van der Waals surface area contributed by atoms with Crippen LogP contribution in [-0.2, 0) is 4.79 Å². The van der Waals surface area contributed by atoms with Crippen LogP contribution in [0.25, 0.3) is 0 Å². The average Bonchev–Trinajstić information content (AvgIpc) is 3.22. The number of carbonyl (C=O) groups is 2. The molecule has 0 aliphatic heterocycles. The topological polar surface area (TPSA) is 67.4 Å². The number of ether oxygens (including phenoxy) is 1. The lowest BCUT2D eigenvalue weighted by Gasteiger charge is -2.08. The minimum absolute atomic E-state index is 0.0941. The van der Waals surface area contributed by atoms with Gasteiger partial charge in [0.2, 0.25) is 5.91 Å². The van der Waals surface area contributed by atoms with Crippen LogP contribution < -0.4 is 15.4 Å². The second kappa shape index (κ2) is 9.25. The number of hydrogen-bond donors (Lipinski definition) is 2. The molecule has 3 rings (SSSR count). The molecule has 2 amide bonds. The summed E-state index contributed by atoms with van der Waals surface area (Å²) < 4.78 is 5.14. The fourth-order valence-electron chi connectivity index (χ4n) is 2.28. The van der Waals surface area contributed by atoms with Gasteiger partial charge in [0.15, 0.2) is 0 Å². The summed E-state index contributed by atoms with van der Waals surface area (Å²) in [6, 6.07) is 18.3. The molecule has 2 N–H and O–H groups in total. The monoisotopic (exact) mass is 398 g/mol. The van der Waals surface area contributed by atoms with E-state index in [1.807, 2.05) is 53.9 Å². The van der Waals surface area contributed by atoms with Crippen molar-refractivity contribution >= 4 is 46.3 Å². The molecule has 0 aliphatic carbocycles. The highest BCUT2D eigenvalue weighted by Gasteiger charge is 2.08. The molecule has 5 nitrogen and oxygen atoms in total. The van der Waals surface area contributed by atoms with Gasteiger partial charge in [-0.25, -0.2) is 0 Å². The quantitative estimate of drug-likeness (QED) is 0.564. The Balaban J connectivity index is 1.49. The van der Waals surface area contributed by atoms with Gasteiger partial charge in [-0.05, 0) is 47.8 Å². The molecule has 0 radical (unpaired) electrons. The summed E-state index contributed by atoms with van der Waals surface area (Å²) in [6.45, 7) is 0. The molecular formula is C20H18N2O3S2. The molecule has 1 heterocycles. The number of benzene rings is 2. The Bertz CT molecular complexity index is 909. The molecule has 1 aromatic heterocycles. The van der Waals surface area contributed by atoms with E-state index >= 15 is 0 Å². The number of carbonyl (C=O) groups excluding carboxylic acids is 2. The number of anilines is 2. The Morgan fingerprint density at radius 2 is 1.81 bits per heavy atom. The molecule has 0 saturated heterocycles. The zero-order valence-corrected chi connectivity index (χ0v) is 16.2. The van der Waals surface area contributed by atoms with Gasteiger partial charge in [0.1, 0.15) is 5.75 Å². The maximum Gasteiger partial charge on any atom is 0.265 e. The predicted octanol–water partition coefficient (Wildman–Crippen LogP) is 4.74. The lowest BCUT2D eigenvalue weighted by atomic mass is 10.3. The van der Waals surface area contributed by atoms with E-state index in [1.54, 1.807) is 19.2 Å². The summed E-state index contributed by atoms with van der Waals surface area (Å²) in [5, 5.41) is 7.56. The van der Waals surface area contributed by atoms with Gasteiger partial charge >= 0.3 is 0 Å². The fraction of sp³-hybridized carbons (Fsp3) is 0.100. The van der Waals surface area contributed by atoms with E-state index in [2.05, 4.69) is 10.6 Å². The van der Waals surface area contributed by atoms with Crippen molar-refractivity contribution < 1.29 is 14.3 Å². The van der Waals surface area contributed by atoms with Crippen LogP contribution >= 0.6 is 23.1 Å². The van der Waals surface area contributed by atoms with Crippen LogP contribution in [0.1, 0.15) is 9.67 Å². The molecule has 0 unspecified atom stereocenters. The van der Waals surface area contributed by atoms with E-state index in [0.29, 0.717) is 16.3 Å². The third kappa shape index (κ3) is 5.60. The van der Waals surface area contributed by atoms with Crippen molar-refractivity contribution in [2.75, 3.05) is 23.5 Å². The van der Waals surface area contributed by atoms with Gasteiger partial charge in [-0.15, -0.1) is 23.1 Å². The van der Waals surface area contributed by atoms with Gasteiger partial charge in [-0.2, -0.15) is 0 Å². The van der Waals surface area contributed by atoms with E-state index < -0.39 is 0 Å². The molecule has 2 aromatic carbocycles. The highest BCUT2D eigenvalue weighted by atomic mass is 32.2. The van der Waals surface area contributed by atoms with Crippen LogP contribution in [0.5, 0.6) is 5.75 Å². The van der Waals surface area contributed by atoms with Crippen LogP contribution in [-0.4, -0.2) is 24.7 Å². The van der Waals surface area contributed by atoms with Crippen LogP contribution in [0, 0.1) is 0 Å². The van der Waals surface area contributed by atoms with Gasteiger partial charge in [0.25, 0.3) is 5.91 Å². The lowest BCUT2D eigenvalue weighted by molar-refractivity contribution is -0.113. The van der Waals surface area contributed by atoms with Crippen molar-refractivity contribution in [2.45, 2.75) is 4.90 Å². The molecule has 138 valence electrons. The molecule has 3 aromatic rings. The van der Waals surface area contributed by atoms with Gasteiger partial charge in [0.05, 0.1) is 17.7 Å². The van der Waals surface area contributed by atoms with Crippen LogP contribution in [0.2, 0.25) is 0 Å². The number of hydrogen-bond acceptors (Lipinski definition) is 5. The van der Waals surface area contributed by atoms with E-state index in [4.69, 9.17) is 4.74 Å². The molecule has 0 saturated carbocycles. The minimum atomic E-state index is -0.122. The van der Waals surface area contributed by atoms with Gasteiger partial charge in [0, 0.05) is 22.3 Å². The second-order valence-corrected chi connectivity index (χ2v) is 7.52. The van der Waals surface area contributed by atoms with Gasteiger partial charge in [-0.1, -0.05) is 12.1 Å². The first-order valence-electron chi connectivity index (χ1n) is 8.15. The van der Waals surface area contributed by atoms with E-state index in [1.165, 1.54) is 23.1 Å². The second-order valence-electron chi connectivity index (χ2n) is 5.52. The van der Waals surface area contributed by atoms with Gasteiger partial charge in [-0.3, -0.25) is 9.59 Å². The SMILES string of the molecule is COc1cccc(NC(=O)CSc2ccc(NC(=O)c3cccs3)cc2)c1. The normalized spacial score (nSPS) is 10.3. The van der Waals surface area contributed by atoms with Crippen molar-refractivity contribution in [2.24, 2.45) is 0 Å².